The molecule has 2 unspecified atom stereocenters. The lowest BCUT2D eigenvalue weighted by atomic mass is 9.73. The first-order valence-corrected chi connectivity index (χ1v) is 17.5. The molecule has 51 heavy (non-hydrogen) atoms. The van der Waals surface area contributed by atoms with E-state index >= 15 is 0 Å². The topological polar surface area (TPSA) is 34.0 Å². The molecule has 3 aromatic heterocycles. The summed E-state index contributed by atoms with van der Waals surface area (Å²) < 4.78 is 2.39. The van der Waals surface area contributed by atoms with Gasteiger partial charge in [-0.05, 0) is 71.7 Å². The Labute approximate surface area is 297 Å². The number of hydrogen-bond donors (Lipinski definition) is 0. The van der Waals surface area contributed by atoms with Crippen LogP contribution in [0.3, 0.4) is 0 Å². The van der Waals surface area contributed by atoms with Crippen LogP contribution in [0.15, 0.2) is 182 Å². The van der Waals surface area contributed by atoms with Crippen molar-refractivity contribution in [1.82, 2.24) is 14.5 Å². The third-order valence-corrected chi connectivity index (χ3v) is 10.7. The Morgan fingerprint density at radius 2 is 1.33 bits per heavy atom. The second-order valence-corrected chi connectivity index (χ2v) is 13.7. The van der Waals surface area contributed by atoms with Gasteiger partial charge in [0, 0.05) is 39.2 Å². The lowest BCUT2D eigenvalue weighted by Gasteiger charge is -2.35. The SMILES string of the molecule is CC12C=C(c3cccc4c3c3ccccc3n4-c3ccccc3)C=CC1N(c1cc(-c3ccccc3)cc(-c3ccccc3)n1)c1ncccc12. The van der Waals surface area contributed by atoms with Crippen LogP contribution in [0.5, 0.6) is 0 Å². The zero-order valence-electron chi connectivity index (χ0n) is 28.2. The van der Waals surface area contributed by atoms with E-state index < -0.39 is 0 Å². The highest BCUT2D eigenvalue weighted by atomic mass is 15.3. The van der Waals surface area contributed by atoms with Crippen LogP contribution in [0.4, 0.5) is 11.6 Å². The molecule has 1 aliphatic heterocycles. The minimum absolute atomic E-state index is 0.0156. The number of hydrogen-bond acceptors (Lipinski definition) is 3. The molecule has 242 valence electrons. The lowest BCUT2D eigenvalue weighted by Crippen LogP contribution is -2.40. The molecule has 4 nitrogen and oxygen atoms in total. The van der Waals surface area contributed by atoms with Crippen LogP contribution in [-0.4, -0.2) is 20.6 Å². The van der Waals surface area contributed by atoms with E-state index in [1.165, 1.54) is 38.5 Å². The molecule has 0 fully saturated rings. The summed E-state index contributed by atoms with van der Waals surface area (Å²) >= 11 is 0. The molecule has 1 aliphatic carbocycles. The van der Waals surface area contributed by atoms with E-state index in [9.17, 15) is 0 Å². The van der Waals surface area contributed by atoms with Crippen molar-refractivity contribution in [2.75, 3.05) is 4.90 Å². The van der Waals surface area contributed by atoms with Crippen LogP contribution < -0.4 is 4.90 Å². The molecule has 0 N–H and O–H groups in total. The van der Waals surface area contributed by atoms with Crippen LogP contribution in [0.1, 0.15) is 18.1 Å². The van der Waals surface area contributed by atoms with Gasteiger partial charge in [0.1, 0.15) is 11.6 Å². The van der Waals surface area contributed by atoms with Crippen LogP contribution in [0.2, 0.25) is 0 Å². The van der Waals surface area contributed by atoms with Gasteiger partial charge >= 0.3 is 0 Å². The van der Waals surface area contributed by atoms with E-state index in [0.717, 1.165) is 39.7 Å². The van der Waals surface area contributed by atoms with Gasteiger partial charge in [0.2, 0.25) is 0 Å². The Bertz CT molecular complexity index is 2600. The van der Waals surface area contributed by atoms with Gasteiger partial charge in [-0.15, -0.1) is 0 Å². The molecule has 4 heterocycles. The second kappa shape index (κ2) is 11.5. The van der Waals surface area contributed by atoms with Crippen molar-refractivity contribution in [3.05, 3.63) is 193 Å². The number of nitrogens with zero attached hydrogens (tertiary/aromatic N) is 4. The Hall–Kier alpha value is -6.52. The van der Waals surface area contributed by atoms with Crippen molar-refractivity contribution in [2.24, 2.45) is 0 Å². The standard InChI is InChI=1S/C47H34N4/c1-47-31-34(37-22-13-25-42-45(37)38-21-11-12-24-41(38)50(42)36-19-9-4-10-20-36)26-27-43(47)51(46-39(47)23-14-28-48-46)44-30-35(32-15-5-2-6-16-32)29-40(49-44)33-17-7-3-8-18-33/h2-31,43H,1H3. The fourth-order valence-corrected chi connectivity index (χ4v) is 8.31. The molecule has 10 rings (SSSR count). The molecule has 4 heteroatoms. The first-order chi connectivity index (χ1) is 25.2. The van der Waals surface area contributed by atoms with Crippen LogP contribution in [0.25, 0.3) is 55.5 Å². The Morgan fingerprint density at radius 3 is 2.14 bits per heavy atom. The van der Waals surface area contributed by atoms with Crippen LogP contribution in [-0.2, 0) is 5.41 Å². The lowest BCUT2D eigenvalue weighted by molar-refractivity contribution is 0.551. The van der Waals surface area contributed by atoms with E-state index in [-0.39, 0.29) is 11.5 Å². The number of aromatic nitrogens is 3. The maximum atomic E-state index is 5.34. The molecule has 0 spiro atoms. The largest absolute Gasteiger partial charge is 0.309 e. The number of benzene rings is 5. The third-order valence-electron chi connectivity index (χ3n) is 10.7. The van der Waals surface area contributed by atoms with Crippen molar-refractivity contribution < 1.29 is 0 Å². The van der Waals surface area contributed by atoms with Gasteiger partial charge in [-0.25, -0.2) is 9.97 Å². The zero-order chi connectivity index (χ0) is 33.9. The molecule has 2 atom stereocenters. The predicted molar refractivity (Wildman–Crippen MR) is 211 cm³/mol. The third kappa shape index (κ3) is 4.60. The van der Waals surface area contributed by atoms with Crippen molar-refractivity contribution in [1.29, 1.82) is 0 Å². The van der Waals surface area contributed by atoms with E-state index in [1.807, 2.05) is 12.3 Å². The summed E-state index contributed by atoms with van der Waals surface area (Å²) in [5.74, 6) is 1.83. The quantitative estimate of drug-likeness (QED) is 0.185. The first kappa shape index (κ1) is 29.4. The minimum Gasteiger partial charge on any atom is -0.309 e. The average molecular weight is 655 g/mol. The number of allylic oxidation sites excluding steroid dienone is 2. The summed E-state index contributed by atoms with van der Waals surface area (Å²) in [6.07, 6.45) is 9.05. The number of anilines is 2. The highest BCUT2D eigenvalue weighted by molar-refractivity contribution is 6.14. The highest BCUT2D eigenvalue weighted by Crippen LogP contribution is 2.52. The van der Waals surface area contributed by atoms with Crippen molar-refractivity contribution >= 4 is 39.0 Å². The normalized spacial score (nSPS) is 17.8. The molecule has 2 aliphatic rings. The minimum atomic E-state index is -0.356. The summed E-state index contributed by atoms with van der Waals surface area (Å²) in [6.45, 7) is 2.36. The maximum Gasteiger partial charge on any atom is 0.138 e. The zero-order valence-corrected chi connectivity index (χ0v) is 28.2. The second-order valence-electron chi connectivity index (χ2n) is 13.7. The van der Waals surface area contributed by atoms with Gasteiger partial charge in [-0.1, -0.05) is 133 Å². The number of pyridine rings is 2. The fraction of sp³-hybridized carbons (Fsp3) is 0.0638. The Kier molecular flexibility index (Phi) is 6.65. The van der Waals surface area contributed by atoms with Gasteiger partial charge < -0.3 is 9.47 Å². The van der Waals surface area contributed by atoms with Crippen molar-refractivity contribution in [2.45, 2.75) is 18.4 Å². The molecular weight excluding hydrogens is 621 g/mol. The summed E-state index contributed by atoms with van der Waals surface area (Å²) in [5, 5.41) is 2.51. The fourth-order valence-electron chi connectivity index (χ4n) is 8.31. The molecule has 0 bridgehead atoms. The van der Waals surface area contributed by atoms with Crippen LogP contribution in [0, 0.1) is 0 Å². The predicted octanol–water partition coefficient (Wildman–Crippen LogP) is 11.3. The monoisotopic (exact) mass is 654 g/mol. The van der Waals surface area contributed by atoms with Gasteiger partial charge in [-0.3, -0.25) is 0 Å². The number of fused-ring (bicyclic) bond motifs is 6. The number of rotatable bonds is 5. The maximum absolute atomic E-state index is 5.34. The van der Waals surface area contributed by atoms with Gasteiger partial charge in [0.15, 0.2) is 0 Å². The summed E-state index contributed by atoms with van der Waals surface area (Å²) in [4.78, 5) is 12.7. The molecular formula is C47H34N4. The van der Waals surface area contributed by atoms with Gasteiger partial charge in [0.05, 0.1) is 22.8 Å². The molecule has 0 saturated heterocycles. The molecule has 0 radical (unpaired) electrons. The smallest absolute Gasteiger partial charge is 0.138 e. The molecule has 0 saturated carbocycles. The number of para-hydroxylation sites is 2. The summed E-state index contributed by atoms with van der Waals surface area (Å²) in [6, 6.07) is 55.9. The first-order valence-electron chi connectivity index (χ1n) is 17.5. The van der Waals surface area contributed by atoms with E-state index in [1.54, 1.807) is 0 Å². The van der Waals surface area contributed by atoms with Crippen molar-refractivity contribution in [3.63, 3.8) is 0 Å². The molecule has 0 amide bonds. The van der Waals surface area contributed by atoms with Crippen LogP contribution >= 0.6 is 0 Å². The van der Waals surface area contributed by atoms with E-state index in [2.05, 4.69) is 186 Å². The van der Waals surface area contributed by atoms with E-state index in [0.29, 0.717) is 0 Å². The van der Waals surface area contributed by atoms with Crippen molar-refractivity contribution in [3.8, 4) is 28.1 Å². The highest BCUT2D eigenvalue weighted by Gasteiger charge is 2.49. The Morgan fingerprint density at radius 1 is 0.627 bits per heavy atom. The van der Waals surface area contributed by atoms with E-state index in [4.69, 9.17) is 9.97 Å². The van der Waals surface area contributed by atoms with Gasteiger partial charge in [0.25, 0.3) is 0 Å². The van der Waals surface area contributed by atoms with Gasteiger partial charge in [-0.2, -0.15) is 0 Å². The summed E-state index contributed by atoms with van der Waals surface area (Å²) in [5.41, 5.74) is 11.2. The Balaban J connectivity index is 1.15. The summed E-state index contributed by atoms with van der Waals surface area (Å²) in [7, 11) is 0. The molecule has 5 aromatic carbocycles. The molecule has 8 aromatic rings. The average Bonchev–Trinajstić information content (AvgIpc) is 3.68.